The van der Waals surface area contributed by atoms with Crippen molar-refractivity contribution in [3.63, 3.8) is 0 Å². The average molecular weight is 439 g/mol. The molecule has 1 aromatic carbocycles. The fourth-order valence-corrected chi connectivity index (χ4v) is 4.72. The molecule has 4 aliphatic rings. The standard InChI is InChI=1S/C17H14INO5/c18-9-2-1-3-10(8-9)19-14(20)12-11-4-5-17(24-11,13(12)15(19)21)16-22-6-7-23-16/h1-5,8,11-13,16H,6-7H2/t11-,12+,13+,17-/m1/s1. The lowest BCUT2D eigenvalue weighted by Crippen LogP contribution is -2.49. The molecule has 0 saturated carbocycles. The van der Waals surface area contributed by atoms with E-state index in [-0.39, 0.29) is 11.8 Å². The number of hydrogen-bond acceptors (Lipinski definition) is 5. The van der Waals surface area contributed by atoms with Crippen LogP contribution in [0.25, 0.3) is 0 Å². The third-order valence-corrected chi connectivity index (χ3v) is 5.81. The van der Waals surface area contributed by atoms with Gasteiger partial charge in [-0.1, -0.05) is 12.1 Å². The number of rotatable bonds is 2. The van der Waals surface area contributed by atoms with Gasteiger partial charge in [-0.2, -0.15) is 0 Å². The molecule has 0 unspecified atom stereocenters. The van der Waals surface area contributed by atoms with Gasteiger partial charge in [0, 0.05) is 3.57 Å². The number of halogens is 1. The molecule has 7 heteroatoms. The van der Waals surface area contributed by atoms with Crippen molar-refractivity contribution >= 4 is 40.1 Å². The molecule has 5 rings (SSSR count). The Kier molecular flexibility index (Phi) is 3.19. The molecule has 4 heterocycles. The number of amides is 2. The van der Waals surface area contributed by atoms with Gasteiger partial charge in [-0.15, -0.1) is 0 Å². The molecular weight excluding hydrogens is 425 g/mol. The zero-order chi connectivity index (χ0) is 16.5. The Morgan fingerprint density at radius 1 is 1.17 bits per heavy atom. The van der Waals surface area contributed by atoms with E-state index < -0.39 is 29.8 Å². The van der Waals surface area contributed by atoms with Gasteiger partial charge in [0.25, 0.3) is 0 Å². The fraction of sp³-hybridized carbons (Fsp3) is 0.412. The van der Waals surface area contributed by atoms with Crippen LogP contribution in [0.3, 0.4) is 0 Å². The van der Waals surface area contributed by atoms with E-state index in [0.29, 0.717) is 18.9 Å². The van der Waals surface area contributed by atoms with Crippen LogP contribution in [0.2, 0.25) is 0 Å². The minimum atomic E-state index is -0.991. The molecule has 0 aliphatic carbocycles. The molecule has 6 nitrogen and oxygen atoms in total. The van der Waals surface area contributed by atoms with Gasteiger partial charge in [0.05, 0.1) is 36.8 Å². The van der Waals surface area contributed by atoms with E-state index in [4.69, 9.17) is 14.2 Å². The summed E-state index contributed by atoms with van der Waals surface area (Å²) in [6.45, 7) is 0.933. The average Bonchev–Trinajstić information content (AvgIpc) is 3.31. The van der Waals surface area contributed by atoms with Crippen molar-refractivity contribution in [1.82, 2.24) is 0 Å². The van der Waals surface area contributed by atoms with Crippen LogP contribution in [0.15, 0.2) is 36.4 Å². The van der Waals surface area contributed by atoms with E-state index in [2.05, 4.69) is 22.6 Å². The van der Waals surface area contributed by atoms with Crippen LogP contribution in [-0.2, 0) is 23.8 Å². The van der Waals surface area contributed by atoms with E-state index >= 15 is 0 Å². The van der Waals surface area contributed by atoms with Crippen LogP contribution in [-0.4, -0.2) is 43.0 Å². The summed E-state index contributed by atoms with van der Waals surface area (Å²) in [5.74, 6) is -1.55. The van der Waals surface area contributed by atoms with Gasteiger partial charge in [0.2, 0.25) is 11.8 Å². The smallest absolute Gasteiger partial charge is 0.241 e. The summed E-state index contributed by atoms with van der Waals surface area (Å²) in [7, 11) is 0. The predicted molar refractivity (Wildman–Crippen MR) is 91.1 cm³/mol. The van der Waals surface area contributed by atoms with Crippen molar-refractivity contribution in [3.8, 4) is 0 Å². The van der Waals surface area contributed by atoms with Crippen molar-refractivity contribution in [2.45, 2.75) is 18.0 Å². The number of ether oxygens (including phenoxy) is 3. The van der Waals surface area contributed by atoms with E-state index in [9.17, 15) is 9.59 Å². The molecule has 3 saturated heterocycles. The Morgan fingerprint density at radius 3 is 2.71 bits per heavy atom. The quantitative estimate of drug-likeness (QED) is 0.397. The van der Waals surface area contributed by atoms with Gasteiger partial charge in [0.15, 0.2) is 11.9 Å². The lowest BCUT2D eigenvalue weighted by Gasteiger charge is -2.32. The number of imide groups is 1. The van der Waals surface area contributed by atoms with Crippen molar-refractivity contribution in [1.29, 1.82) is 0 Å². The van der Waals surface area contributed by atoms with Crippen molar-refractivity contribution < 1.29 is 23.8 Å². The maximum Gasteiger partial charge on any atom is 0.241 e. The molecule has 0 aromatic heterocycles. The molecule has 2 bridgehead atoms. The largest absolute Gasteiger partial charge is 0.357 e. The molecule has 4 aliphatic heterocycles. The van der Waals surface area contributed by atoms with Gasteiger partial charge in [-0.3, -0.25) is 9.59 Å². The molecule has 2 amide bonds. The molecule has 24 heavy (non-hydrogen) atoms. The topological polar surface area (TPSA) is 65.1 Å². The lowest BCUT2D eigenvalue weighted by molar-refractivity contribution is -0.180. The highest BCUT2D eigenvalue weighted by Gasteiger charge is 2.71. The van der Waals surface area contributed by atoms with Crippen molar-refractivity contribution in [3.05, 3.63) is 40.0 Å². The first-order chi connectivity index (χ1) is 11.6. The van der Waals surface area contributed by atoms with Gasteiger partial charge >= 0.3 is 0 Å². The van der Waals surface area contributed by atoms with Crippen LogP contribution in [0.1, 0.15) is 0 Å². The summed E-state index contributed by atoms with van der Waals surface area (Å²) in [6, 6.07) is 7.38. The summed E-state index contributed by atoms with van der Waals surface area (Å²) in [5.41, 5.74) is -0.385. The van der Waals surface area contributed by atoms with Crippen LogP contribution < -0.4 is 4.90 Å². The normalized spacial score (nSPS) is 37.7. The highest BCUT2D eigenvalue weighted by Crippen LogP contribution is 2.55. The second-order valence-electron chi connectivity index (χ2n) is 6.36. The van der Waals surface area contributed by atoms with E-state index in [0.717, 1.165) is 3.57 Å². The zero-order valence-electron chi connectivity index (χ0n) is 12.6. The summed E-state index contributed by atoms with van der Waals surface area (Å²) in [5, 5.41) is 0. The van der Waals surface area contributed by atoms with Crippen LogP contribution in [0.5, 0.6) is 0 Å². The maximum absolute atomic E-state index is 13.1. The number of hydrogen-bond donors (Lipinski definition) is 0. The van der Waals surface area contributed by atoms with E-state index in [1.165, 1.54) is 4.90 Å². The first kappa shape index (κ1) is 15.0. The van der Waals surface area contributed by atoms with Crippen LogP contribution >= 0.6 is 22.6 Å². The molecule has 124 valence electrons. The van der Waals surface area contributed by atoms with E-state index in [1.54, 1.807) is 6.07 Å². The van der Waals surface area contributed by atoms with Gasteiger partial charge < -0.3 is 14.2 Å². The molecule has 1 aromatic rings. The third-order valence-electron chi connectivity index (χ3n) is 5.13. The van der Waals surface area contributed by atoms with E-state index in [1.807, 2.05) is 30.4 Å². The lowest BCUT2D eigenvalue weighted by atomic mass is 9.76. The first-order valence-electron chi connectivity index (χ1n) is 7.85. The van der Waals surface area contributed by atoms with Gasteiger partial charge in [-0.05, 0) is 46.9 Å². The highest BCUT2D eigenvalue weighted by molar-refractivity contribution is 14.1. The SMILES string of the molecule is O=C1[C@@H]2[C@@H](C(=O)N1c1cccc(I)c1)[C@@]1(C3OCCO3)C=C[C@H]2O1. The molecule has 4 atom stereocenters. The molecule has 3 fully saturated rings. The Labute approximate surface area is 151 Å². The Bertz CT molecular complexity index is 774. The van der Waals surface area contributed by atoms with Gasteiger partial charge in [-0.25, -0.2) is 4.90 Å². The molecule has 0 radical (unpaired) electrons. The monoisotopic (exact) mass is 439 g/mol. The highest BCUT2D eigenvalue weighted by atomic mass is 127. The maximum atomic E-state index is 13.1. The predicted octanol–water partition coefficient (Wildman–Crippen LogP) is 1.48. The number of carbonyl (C=O) groups excluding carboxylic acids is 2. The summed E-state index contributed by atoms with van der Waals surface area (Å²) < 4.78 is 18.3. The minimum absolute atomic E-state index is 0.207. The molecule has 0 spiro atoms. The Balaban J connectivity index is 1.57. The minimum Gasteiger partial charge on any atom is -0.357 e. The second-order valence-corrected chi connectivity index (χ2v) is 7.61. The molecule has 0 N–H and O–H groups in total. The summed E-state index contributed by atoms with van der Waals surface area (Å²) >= 11 is 2.17. The molecular formula is C17H14INO5. The number of carbonyl (C=O) groups is 2. The fourth-order valence-electron chi connectivity index (χ4n) is 4.20. The van der Waals surface area contributed by atoms with Crippen molar-refractivity contribution in [2.24, 2.45) is 11.8 Å². The number of fused-ring (bicyclic) bond motifs is 5. The van der Waals surface area contributed by atoms with Crippen LogP contribution in [0, 0.1) is 15.4 Å². The Morgan fingerprint density at radius 2 is 1.96 bits per heavy atom. The zero-order valence-corrected chi connectivity index (χ0v) is 14.7. The number of nitrogens with zero attached hydrogens (tertiary/aromatic N) is 1. The van der Waals surface area contributed by atoms with Crippen LogP contribution in [0.4, 0.5) is 5.69 Å². The van der Waals surface area contributed by atoms with Crippen molar-refractivity contribution in [2.75, 3.05) is 18.1 Å². The third kappa shape index (κ3) is 1.81. The first-order valence-corrected chi connectivity index (χ1v) is 8.93. The summed E-state index contributed by atoms with van der Waals surface area (Å²) in [6.07, 6.45) is 2.67. The Hall–Kier alpha value is -1.29. The summed E-state index contributed by atoms with van der Waals surface area (Å²) in [4.78, 5) is 27.4. The number of anilines is 1. The van der Waals surface area contributed by atoms with Gasteiger partial charge in [0.1, 0.15) is 0 Å². The number of benzene rings is 1. The second kappa shape index (κ2) is 5.10.